The van der Waals surface area contributed by atoms with Crippen molar-refractivity contribution in [3.8, 4) is 0 Å². The summed E-state index contributed by atoms with van der Waals surface area (Å²) in [5, 5.41) is 2.93. The molecule has 1 heterocycles. The molecule has 0 spiro atoms. The van der Waals surface area contributed by atoms with Crippen LogP contribution in [0.2, 0.25) is 0 Å². The maximum Gasteiger partial charge on any atom is 0.412 e. The van der Waals surface area contributed by atoms with Crippen molar-refractivity contribution in [3.63, 3.8) is 0 Å². The molecule has 1 unspecified atom stereocenters. The fourth-order valence-electron chi connectivity index (χ4n) is 1.22. The highest BCUT2D eigenvalue weighted by molar-refractivity contribution is 5.82. The second-order valence-electron chi connectivity index (χ2n) is 3.09. The zero-order valence-corrected chi connectivity index (χ0v) is 7.47. The van der Waals surface area contributed by atoms with Crippen LogP contribution in [0.5, 0.6) is 0 Å². The number of amides is 1. The van der Waals surface area contributed by atoms with E-state index in [1.807, 2.05) is 0 Å². The molecule has 0 bridgehead atoms. The molecule has 0 saturated carbocycles. The van der Waals surface area contributed by atoms with E-state index >= 15 is 0 Å². The van der Waals surface area contributed by atoms with Crippen LogP contribution in [0.4, 0.5) is 13.2 Å². The van der Waals surface area contributed by atoms with Gasteiger partial charge >= 0.3 is 6.18 Å². The molecule has 1 saturated heterocycles. The Bertz CT molecular complexity index is 213. The second kappa shape index (κ2) is 4.14. The van der Waals surface area contributed by atoms with E-state index in [2.05, 4.69) is 5.32 Å². The number of nitrogens with two attached hydrogens (primary N) is 1. The SMILES string of the molecule is NC(C(=O)N1CCNCC1)C(F)(F)F. The number of alkyl halides is 3. The Morgan fingerprint density at radius 1 is 1.36 bits per heavy atom. The summed E-state index contributed by atoms with van der Waals surface area (Å²) in [6.07, 6.45) is -4.65. The predicted molar refractivity (Wildman–Crippen MR) is 43.5 cm³/mol. The lowest BCUT2D eigenvalue weighted by atomic mass is 10.2. The minimum absolute atomic E-state index is 0.280. The first-order valence-electron chi connectivity index (χ1n) is 4.24. The molecule has 1 atom stereocenters. The zero-order chi connectivity index (χ0) is 10.8. The van der Waals surface area contributed by atoms with Crippen LogP contribution in [0.1, 0.15) is 0 Å². The van der Waals surface area contributed by atoms with Gasteiger partial charge in [0.15, 0.2) is 6.04 Å². The molecular formula is C7H12F3N3O. The first-order valence-corrected chi connectivity index (χ1v) is 4.24. The number of rotatable bonds is 1. The highest BCUT2D eigenvalue weighted by Gasteiger charge is 2.43. The summed E-state index contributed by atoms with van der Waals surface area (Å²) in [7, 11) is 0. The number of nitrogens with zero attached hydrogens (tertiary/aromatic N) is 1. The van der Waals surface area contributed by atoms with Crippen LogP contribution in [0.25, 0.3) is 0 Å². The molecule has 0 aliphatic carbocycles. The molecule has 0 aromatic carbocycles. The minimum atomic E-state index is -4.65. The quantitative estimate of drug-likeness (QED) is 0.603. The standard InChI is InChI=1S/C7H12F3N3O/c8-7(9,10)5(11)6(14)13-3-1-12-2-4-13/h5,12H,1-4,11H2. The number of carbonyl (C=O) groups excluding carboxylic acids is 1. The zero-order valence-electron chi connectivity index (χ0n) is 7.47. The molecule has 1 rings (SSSR count). The Morgan fingerprint density at radius 2 is 1.86 bits per heavy atom. The van der Waals surface area contributed by atoms with E-state index in [0.29, 0.717) is 13.1 Å². The average Bonchev–Trinajstić information content (AvgIpc) is 2.15. The summed E-state index contributed by atoms with van der Waals surface area (Å²) in [6, 6.07) is -2.39. The molecule has 3 N–H and O–H groups in total. The summed E-state index contributed by atoms with van der Waals surface area (Å²) in [5.41, 5.74) is 4.79. The normalized spacial score (nSPS) is 20.7. The Morgan fingerprint density at radius 3 is 2.29 bits per heavy atom. The molecule has 14 heavy (non-hydrogen) atoms. The van der Waals surface area contributed by atoms with Crippen LogP contribution >= 0.6 is 0 Å². The molecule has 4 nitrogen and oxygen atoms in total. The summed E-state index contributed by atoms with van der Waals surface area (Å²) in [5.74, 6) is -1.04. The van der Waals surface area contributed by atoms with Gasteiger partial charge in [-0.05, 0) is 0 Å². The number of hydrogen-bond acceptors (Lipinski definition) is 3. The fourth-order valence-corrected chi connectivity index (χ4v) is 1.22. The molecule has 1 aliphatic heterocycles. The monoisotopic (exact) mass is 211 g/mol. The maximum atomic E-state index is 12.1. The molecule has 1 fully saturated rings. The van der Waals surface area contributed by atoms with Crippen molar-refractivity contribution in [2.75, 3.05) is 26.2 Å². The van der Waals surface area contributed by atoms with Crippen LogP contribution in [0.3, 0.4) is 0 Å². The largest absolute Gasteiger partial charge is 0.412 e. The predicted octanol–water partition coefficient (Wildman–Crippen LogP) is -0.692. The third-order valence-corrected chi connectivity index (χ3v) is 2.05. The van der Waals surface area contributed by atoms with Crippen molar-refractivity contribution in [2.24, 2.45) is 5.73 Å². The molecule has 0 aromatic heterocycles. The van der Waals surface area contributed by atoms with Gasteiger partial charge in [-0.3, -0.25) is 4.79 Å². The van der Waals surface area contributed by atoms with E-state index in [-0.39, 0.29) is 13.1 Å². The highest BCUT2D eigenvalue weighted by atomic mass is 19.4. The third kappa shape index (κ3) is 2.58. The van der Waals surface area contributed by atoms with Gasteiger partial charge in [-0.15, -0.1) is 0 Å². The molecule has 7 heteroatoms. The van der Waals surface area contributed by atoms with Crippen LogP contribution in [0.15, 0.2) is 0 Å². The van der Waals surface area contributed by atoms with Gasteiger partial charge in [-0.25, -0.2) is 0 Å². The van der Waals surface area contributed by atoms with E-state index < -0.39 is 18.1 Å². The van der Waals surface area contributed by atoms with Crippen molar-refractivity contribution in [2.45, 2.75) is 12.2 Å². The van der Waals surface area contributed by atoms with Crippen molar-refractivity contribution < 1.29 is 18.0 Å². The van der Waals surface area contributed by atoms with E-state index in [1.165, 1.54) is 0 Å². The molecule has 1 aliphatic rings. The van der Waals surface area contributed by atoms with Gasteiger partial charge in [0.25, 0.3) is 0 Å². The molecule has 0 radical (unpaired) electrons. The first-order chi connectivity index (χ1) is 6.43. The topological polar surface area (TPSA) is 58.4 Å². The summed E-state index contributed by atoms with van der Waals surface area (Å²) < 4.78 is 36.2. The van der Waals surface area contributed by atoms with E-state index in [0.717, 1.165) is 4.90 Å². The number of piperazine rings is 1. The molecule has 82 valence electrons. The smallest absolute Gasteiger partial charge is 0.339 e. The summed E-state index contributed by atoms with van der Waals surface area (Å²) in [6.45, 7) is 1.58. The van der Waals surface area contributed by atoms with Crippen molar-refractivity contribution >= 4 is 5.91 Å². The lowest BCUT2D eigenvalue weighted by molar-refractivity contribution is -0.170. The summed E-state index contributed by atoms with van der Waals surface area (Å²) in [4.78, 5) is 12.3. The van der Waals surface area contributed by atoms with Crippen LogP contribution < -0.4 is 11.1 Å². The number of hydrogen-bond donors (Lipinski definition) is 2. The van der Waals surface area contributed by atoms with Crippen LogP contribution in [-0.2, 0) is 4.79 Å². The van der Waals surface area contributed by atoms with Crippen LogP contribution in [0, 0.1) is 0 Å². The number of halogens is 3. The fraction of sp³-hybridized carbons (Fsp3) is 0.857. The highest BCUT2D eigenvalue weighted by Crippen LogP contribution is 2.19. The Balaban J connectivity index is 2.55. The average molecular weight is 211 g/mol. The van der Waals surface area contributed by atoms with E-state index in [1.54, 1.807) is 0 Å². The van der Waals surface area contributed by atoms with Gasteiger partial charge in [-0.1, -0.05) is 0 Å². The van der Waals surface area contributed by atoms with E-state index in [9.17, 15) is 18.0 Å². The maximum absolute atomic E-state index is 12.1. The van der Waals surface area contributed by atoms with E-state index in [4.69, 9.17) is 5.73 Å². The number of nitrogens with one attached hydrogen (secondary N) is 1. The van der Waals surface area contributed by atoms with Gasteiger partial charge in [0.2, 0.25) is 5.91 Å². The Labute approximate surface area is 79.2 Å². The van der Waals surface area contributed by atoms with Crippen molar-refractivity contribution in [1.82, 2.24) is 10.2 Å². The van der Waals surface area contributed by atoms with Gasteiger partial charge in [0.1, 0.15) is 0 Å². The Kier molecular flexibility index (Phi) is 3.33. The number of carbonyl (C=O) groups is 1. The lowest BCUT2D eigenvalue weighted by Gasteiger charge is -2.30. The van der Waals surface area contributed by atoms with Gasteiger partial charge in [-0.2, -0.15) is 13.2 Å². The van der Waals surface area contributed by atoms with Gasteiger partial charge in [0, 0.05) is 26.2 Å². The molecule has 0 aromatic rings. The van der Waals surface area contributed by atoms with Crippen molar-refractivity contribution in [3.05, 3.63) is 0 Å². The first kappa shape index (κ1) is 11.3. The van der Waals surface area contributed by atoms with Gasteiger partial charge in [0.05, 0.1) is 0 Å². The summed E-state index contributed by atoms with van der Waals surface area (Å²) >= 11 is 0. The van der Waals surface area contributed by atoms with Gasteiger partial charge < -0.3 is 16.0 Å². The Hall–Kier alpha value is -0.820. The molecular weight excluding hydrogens is 199 g/mol. The van der Waals surface area contributed by atoms with Crippen LogP contribution in [-0.4, -0.2) is 49.2 Å². The minimum Gasteiger partial charge on any atom is -0.339 e. The van der Waals surface area contributed by atoms with Crippen molar-refractivity contribution in [1.29, 1.82) is 0 Å². The lowest BCUT2D eigenvalue weighted by Crippen LogP contribution is -2.56. The third-order valence-electron chi connectivity index (χ3n) is 2.05. The molecule has 1 amide bonds. The second-order valence-corrected chi connectivity index (χ2v) is 3.09.